The summed E-state index contributed by atoms with van der Waals surface area (Å²) in [5, 5.41) is 0. The van der Waals surface area contributed by atoms with Gasteiger partial charge < -0.3 is 9.79 Å². The van der Waals surface area contributed by atoms with Crippen LogP contribution in [0.15, 0.2) is 0 Å². The summed E-state index contributed by atoms with van der Waals surface area (Å²) in [6, 6.07) is 0. The molecule has 4 nitrogen and oxygen atoms in total. The van der Waals surface area contributed by atoms with Crippen molar-refractivity contribution in [2.24, 2.45) is 0 Å². The summed E-state index contributed by atoms with van der Waals surface area (Å²) in [5.41, 5.74) is -0.0137. The maximum atomic E-state index is 10.3. The summed E-state index contributed by atoms with van der Waals surface area (Å²) in [6.45, 7) is -6.01. The maximum absolute atomic E-state index is 10.3. The lowest BCUT2D eigenvalue weighted by Gasteiger charge is -2.31. The van der Waals surface area contributed by atoms with E-state index in [1.807, 2.05) is 0 Å². The van der Waals surface area contributed by atoms with Gasteiger partial charge in [0.05, 0.1) is 0 Å². The van der Waals surface area contributed by atoms with Crippen LogP contribution in [-0.4, -0.2) is 21.1 Å². The van der Waals surface area contributed by atoms with Crippen LogP contribution in [0.25, 0.3) is 0 Å². The molecule has 0 bridgehead atoms. The molecule has 0 aromatic carbocycles. The van der Waals surface area contributed by atoms with Gasteiger partial charge in [0.25, 0.3) is 0 Å². The predicted octanol–water partition coefficient (Wildman–Crippen LogP) is 4.20. The molecule has 118 valence electrons. The lowest BCUT2D eigenvalue weighted by molar-refractivity contribution is -0.102. The highest BCUT2D eigenvalue weighted by Gasteiger charge is 2.35. The molecular weight excluding hydrogens is 334 g/mol. The zero-order valence-electron chi connectivity index (χ0n) is 11.6. The van der Waals surface area contributed by atoms with Crippen LogP contribution in [0.5, 0.6) is 0 Å². The largest absolute Gasteiger partial charge is 0.343 e. The zero-order chi connectivity index (χ0) is 14.6. The van der Waals surface area contributed by atoms with Gasteiger partial charge in [0.1, 0.15) is 0 Å². The van der Waals surface area contributed by atoms with Crippen LogP contribution in [0.1, 0.15) is 64.2 Å². The van der Waals surface area contributed by atoms with Gasteiger partial charge in [-0.1, -0.05) is 38.5 Å². The van der Waals surface area contributed by atoms with Crippen molar-refractivity contribution >= 4 is 36.6 Å². The second-order valence-corrected chi connectivity index (χ2v) is 13.0. The third-order valence-corrected chi connectivity index (χ3v) is 10.0. The van der Waals surface area contributed by atoms with Crippen LogP contribution in [0.2, 0.25) is 0 Å². The normalized spacial score (nSPS) is 28.7. The summed E-state index contributed by atoms with van der Waals surface area (Å²) in [7, 11) is 0. The standard InChI is InChI=1S/C12H24O4P2S2/c13-17(19,11-7-3-1-4-8-11)15-16-18(14,20)12-9-5-2-6-10-12/h11-12H,1-10H2,(H,13,19)(H,14,20). The maximum Gasteiger partial charge on any atom is 0.223 e. The van der Waals surface area contributed by atoms with Gasteiger partial charge in [0.15, 0.2) is 0 Å². The lowest BCUT2D eigenvalue weighted by Crippen LogP contribution is -2.17. The van der Waals surface area contributed by atoms with Gasteiger partial charge in [-0.15, -0.1) is 0 Å². The van der Waals surface area contributed by atoms with E-state index in [0.717, 1.165) is 51.4 Å². The second-order valence-electron chi connectivity index (χ2n) is 5.86. The summed E-state index contributed by atoms with van der Waals surface area (Å²) < 4.78 is 10.3. The van der Waals surface area contributed by atoms with Gasteiger partial charge in [0.2, 0.25) is 13.0 Å². The molecule has 2 aliphatic rings. The first-order valence-electron chi connectivity index (χ1n) is 7.45. The smallest absolute Gasteiger partial charge is 0.223 e. The predicted molar refractivity (Wildman–Crippen MR) is 88.9 cm³/mol. The Morgan fingerprint density at radius 1 is 0.650 bits per heavy atom. The topological polar surface area (TPSA) is 58.9 Å². The Kier molecular flexibility index (Phi) is 6.65. The van der Waals surface area contributed by atoms with Crippen LogP contribution in [0, 0.1) is 0 Å². The first-order valence-corrected chi connectivity index (χ1v) is 12.9. The highest BCUT2D eigenvalue weighted by Crippen LogP contribution is 2.60. The molecule has 2 rings (SSSR count). The summed E-state index contributed by atoms with van der Waals surface area (Å²) in [5.74, 6) is 0. The van der Waals surface area contributed by atoms with Gasteiger partial charge in [0, 0.05) is 11.3 Å². The molecule has 2 unspecified atom stereocenters. The third kappa shape index (κ3) is 4.82. The molecule has 2 saturated carbocycles. The van der Waals surface area contributed by atoms with Crippen LogP contribution >= 0.6 is 13.0 Å². The Balaban J connectivity index is 1.88. The van der Waals surface area contributed by atoms with Crippen LogP contribution < -0.4 is 0 Å². The van der Waals surface area contributed by atoms with E-state index < -0.39 is 13.0 Å². The number of hydrogen-bond donors (Lipinski definition) is 2. The van der Waals surface area contributed by atoms with E-state index in [1.54, 1.807) is 0 Å². The molecule has 0 spiro atoms. The molecule has 2 N–H and O–H groups in total. The van der Waals surface area contributed by atoms with Gasteiger partial charge in [-0.05, 0) is 49.3 Å². The first-order chi connectivity index (χ1) is 9.42. The molecule has 0 aliphatic heterocycles. The van der Waals surface area contributed by atoms with E-state index in [-0.39, 0.29) is 11.3 Å². The Morgan fingerprint density at radius 2 is 0.950 bits per heavy atom. The lowest BCUT2D eigenvalue weighted by atomic mass is 10.0. The number of hydrogen-bond acceptors (Lipinski definition) is 4. The molecule has 0 amide bonds. The van der Waals surface area contributed by atoms with E-state index in [9.17, 15) is 9.79 Å². The molecular formula is C12H24O4P2S2. The van der Waals surface area contributed by atoms with Crippen molar-refractivity contribution in [1.29, 1.82) is 0 Å². The van der Waals surface area contributed by atoms with E-state index >= 15 is 0 Å². The Labute approximate surface area is 131 Å². The Bertz CT molecular complexity index is 368. The minimum atomic E-state index is -3.00. The van der Waals surface area contributed by atoms with Crippen molar-refractivity contribution in [2.75, 3.05) is 0 Å². The summed E-state index contributed by atoms with van der Waals surface area (Å²) in [4.78, 5) is 20.7. The van der Waals surface area contributed by atoms with Crippen molar-refractivity contribution in [3.63, 3.8) is 0 Å². The van der Waals surface area contributed by atoms with Crippen molar-refractivity contribution in [3.8, 4) is 0 Å². The molecule has 2 atom stereocenters. The van der Waals surface area contributed by atoms with Gasteiger partial charge in [-0.25, -0.2) is 0 Å². The molecule has 0 aromatic heterocycles. The molecule has 20 heavy (non-hydrogen) atoms. The van der Waals surface area contributed by atoms with Gasteiger partial charge in [-0.2, -0.15) is 9.35 Å². The fraction of sp³-hybridized carbons (Fsp3) is 1.00. The fourth-order valence-electron chi connectivity index (χ4n) is 3.03. The Hall–Kier alpha value is 1.14. The van der Waals surface area contributed by atoms with Crippen LogP contribution in [-0.2, 0) is 33.0 Å². The van der Waals surface area contributed by atoms with E-state index in [2.05, 4.69) is 0 Å². The van der Waals surface area contributed by atoms with E-state index in [0.29, 0.717) is 0 Å². The quantitative estimate of drug-likeness (QED) is 0.436. The molecule has 0 saturated heterocycles. The van der Waals surface area contributed by atoms with Crippen LogP contribution in [0.3, 0.4) is 0 Å². The number of rotatable bonds is 5. The Morgan fingerprint density at radius 3 is 1.25 bits per heavy atom. The van der Waals surface area contributed by atoms with Gasteiger partial charge in [-0.3, -0.25) is 0 Å². The molecule has 8 heteroatoms. The fourth-order valence-corrected chi connectivity index (χ4v) is 7.83. The van der Waals surface area contributed by atoms with E-state index in [1.165, 1.54) is 12.8 Å². The van der Waals surface area contributed by atoms with Crippen molar-refractivity contribution in [1.82, 2.24) is 0 Å². The average molecular weight is 358 g/mol. The first kappa shape index (κ1) is 17.5. The summed E-state index contributed by atoms with van der Waals surface area (Å²) in [6.07, 6.45) is 10.2. The molecule has 0 radical (unpaired) electrons. The van der Waals surface area contributed by atoms with Crippen molar-refractivity contribution in [2.45, 2.75) is 75.5 Å². The van der Waals surface area contributed by atoms with Gasteiger partial charge >= 0.3 is 0 Å². The highest BCUT2D eigenvalue weighted by molar-refractivity contribution is 8.11. The minimum Gasteiger partial charge on any atom is -0.343 e. The monoisotopic (exact) mass is 358 g/mol. The zero-order valence-corrected chi connectivity index (χ0v) is 15.1. The van der Waals surface area contributed by atoms with Crippen molar-refractivity contribution < 1.29 is 19.1 Å². The van der Waals surface area contributed by atoms with E-state index in [4.69, 9.17) is 33.0 Å². The molecule has 2 aliphatic carbocycles. The van der Waals surface area contributed by atoms with Crippen LogP contribution in [0.4, 0.5) is 0 Å². The SMILES string of the molecule is OP(=S)(OOP(O)(=S)C1CCCCC1)C1CCCCC1. The second kappa shape index (κ2) is 7.61. The summed E-state index contributed by atoms with van der Waals surface area (Å²) >= 11 is 10.4. The third-order valence-electron chi connectivity index (χ3n) is 4.32. The van der Waals surface area contributed by atoms with Crippen molar-refractivity contribution in [3.05, 3.63) is 0 Å². The highest BCUT2D eigenvalue weighted by atomic mass is 32.5. The molecule has 0 heterocycles. The molecule has 2 fully saturated rings. The minimum absolute atomic E-state index is 0.00685. The average Bonchev–Trinajstić information content (AvgIpc) is 2.47. The molecule has 0 aromatic rings.